The van der Waals surface area contributed by atoms with Crippen molar-refractivity contribution < 1.29 is 9.59 Å². The normalized spacial score (nSPS) is 16.0. The van der Waals surface area contributed by atoms with Crippen molar-refractivity contribution in [1.82, 2.24) is 5.32 Å². The summed E-state index contributed by atoms with van der Waals surface area (Å²) in [5.74, 6) is 0.548. The first-order chi connectivity index (χ1) is 10.9. The second kappa shape index (κ2) is 9.04. The maximum atomic E-state index is 12.1. The van der Waals surface area contributed by atoms with Crippen molar-refractivity contribution in [3.63, 3.8) is 0 Å². The molecule has 4 N–H and O–H groups in total. The summed E-state index contributed by atoms with van der Waals surface area (Å²) in [5, 5.41) is 5.84. The van der Waals surface area contributed by atoms with Crippen LogP contribution in [0.5, 0.6) is 0 Å². The van der Waals surface area contributed by atoms with Crippen LogP contribution in [0.15, 0.2) is 24.3 Å². The number of hydrogen-bond acceptors (Lipinski definition) is 3. The summed E-state index contributed by atoms with van der Waals surface area (Å²) in [6.07, 6.45) is 2.65. The predicted molar refractivity (Wildman–Crippen MR) is 99.0 cm³/mol. The zero-order valence-corrected chi connectivity index (χ0v) is 15.4. The van der Waals surface area contributed by atoms with Crippen LogP contribution >= 0.6 is 12.4 Å². The van der Waals surface area contributed by atoms with E-state index in [9.17, 15) is 9.59 Å². The number of nitrogens with one attached hydrogen (secondary N) is 2. The number of anilines is 1. The zero-order chi connectivity index (χ0) is 17.0. The Bertz CT molecular complexity index is 556. The Labute approximate surface area is 150 Å². The first-order valence-corrected chi connectivity index (χ1v) is 8.33. The van der Waals surface area contributed by atoms with Crippen LogP contribution in [0.2, 0.25) is 0 Å². The van der Waals surface area contributed by atoms with E-state index in [1.54, 1.807) is 0 Å². The number of rotatable bonds is 7. The molecule has 0 heterocycles. The van der Waals surface area contributed by atoms with Crippen LogP contribution < -0.4 is 16.4 Å². The predicted octanol–water partition coefficient (Wildman–Crippen LogP) is 3.01. The lowest BCUT2D eigenvalue weighted by molar-refractivity contribution is -0.123. The van der Waals surface area contributed by atoms with E-state index >= 15 is 0 Å². The van der Waals surface area contributed by atoms with Gasteiger partial charge in [0, 0.05) is 11.6 Å². The molecular formula is C18H28ClN3O2. The third-order valence-electron chi connectivity index (χ3n) is 4.05. The molecule has 1 fully saturated rings. The summed E-state index contributed by atoms with van der Waals surface area (Å²) in [7, 11) is 0. The lowest BCUT2D eigenvalue weighted by Gasteiger charge is -2.19. The van der Waals surface area contributed by atoms with E-state index in [1.807, 2.05) is 45.0 Å². The molecule has 2 rings (SSSR count). The molecule has 134 valence electrons. The van der Waals surface area contributed by atoms with Crippen molar-refractivity contribution in [2.24, 2.45) is 17.6 Å². The molecule has 6 heteroatoms. The van der Waals surface area contributed by atoms with Crippen molar-refractivity contribution in [1.29, 1.82) is 0 Å². The van der Waals surface area contributed by atoms with Crippen LogP contribution in [0.3, 0.4) is 0 Å². The summed E-state index contributed by atoms with van der Waals surface area (Å²) < 4.78 is 0. The topological polar surface area (TPSA) is 84.2 Å². The van der Waals surface area contributed by atoms with Gasteiger partial charge in [-0.1, -0.05) is 26.0 Å². The van der Waals surface area contributed by atoms with Gasteiger partial charge in [-0.05, 0) is 49.8 Å². The molecule has 0 bridgehead atoms. The van der Waals surface area contributed by atoms with Crippen molar-refractivity contribution >= 4 is 29.9 Å². The standard InChI is InChI=1S/C18H27N3O2.ClH/c1-11(2)10-16(19)18(23)20-12(3)13-6-8-15(9-7-13)21-17(22)14-4-5-14;/h6-9,11-12,14,16H,4-5,10,19H2,1-3H3,(H,20,23)(H,21,22);1H/t12?,16-;/m0./s1. The van der Waals surface area contributed by atoms with Crippen molar-refractivity contribution in [2.45, 2.75) is 52.1 Å². The van der Waals surface area contributed by atoms with Crippen LogP contribution in [-0.2, 0) is 9.59 Å². The fourth-order valence-corrected chi connectivity index (χ4v) is 2.46. The van der Waals surface area contributed by atoms with Gasteiger partial charge in [-0.25, -0.2) is 0 Å². The lowest BCUT2D eigenvalue weighted by Crippen LogP contribution is -2.42. The summed E-state index contributed by atoms with van der Waals surface area (Å²) >= 11 is 0. The molecule has 0 spiro atoms. The maximum absolute atomic E-state index is 12.1. The average Bonchev–Trinajstić information content (AvgIpc) is 3.31. The minimum atomic E-state index is -0.477. The fourth-order valence-electron chi connectivity index (χ4n) is 2.46. The van der Waals surface area contributed by atoms with E-state index in [0.29, 0.717) is 12.3 Å². The van der Waals surface area contributed by atoms with E-state index in [1.165, 1.54) is 0 Å². The minimum absolute atomic E-state index is 0. The molecule has 24 heavy (non-hydrogen) atoms. The van der Waals surface area contributed by atoms with E-state index in [0.717, 1.165) is 24.1 Å². The van der Waals surface area contributed by atoms with Gasteiger partial charge in [-0.15, -0.1) is 12.4 Å². The highest BCUT2D eigenvalue weighted by Gasteiger charge is 2.29. The molecule has 0 aliphatic heterocycles. The molecule has 0 saturated heterocycles. The second-order valence-electron chi connectivity index (χ2n) is 6.85. The number of hydrogen-bond donors (Lipinski definition) is 3. The maximum Gasteiger partial charge on any atom is 0.237 e. The van der Waals surface area contributed by atoms with Crippen LogP contribution in [0.4, 0.5) is 5.69 Å². The molecule has 2 amide bonds. The van der Waals surface area contributed by atoms with Gasteiger partial charge in [0.05, 0.1) is 12.1 Å². The largest absolute Gasteiger partial charge is 0.348 e. The Morgan fingerprint density at radius 2 is 1.75 bits per heavy atom. The fraction of sp³-hybridized carbons (Fsp3) is 0.556. The zero-order valence-electron chi connectivity index (χ0n) is 14.5. The summed E-state index contributed by atoms with van der Waals surface area (Å²) in [5.41, 5.74) is 7.68. The van der Waals surface area contributed by atoms with Gasteiger partial charge in [-0.3, -0.25) is 9.59 Å². The molecule has 1 aromatic carbocycles. The number of benzene rings is 1. The molecule has 0 radical (unpaired) electrons. The molecule has 1 aliphatic rings. The molecule has 2 atom stereocenters. The van der Waals surface area contributed by atoms with E-state index in [4.69, 9.17) is 5.73 Å². The molecule has 1 aliphatic carbocycles. The molecule has 0 aromatic heterocycles. The number of nitrogens with two attached hydrogens (primary N) is 1. The lowest BCUT2D eigenvalue weighted by atomic mass is 10.0. The van der Waals surface area contributed by atoms with Gasteiger partial charge in [0.2, 0.25) is 11.8 Å². The van der Waals surface area contributed by atoms with E-state index < -0.39 is 6.04 Å². The Hall–Kier alpha value is -1.59. The van der Waals surface area contributed by atoms with Crippen LogP contribution in [0.25, 0.3) is 0 Å². The van der Waals surface area contributed by atoms with Gasteiger partial charge < -0.3 is 16.4 Å². The smallest absolute Gasteiger partial charge is 0.237 e. The first kappa shape index (κ1) is 20.5. The number of amides is 2. The minimum Gasteiger partial charge on any atom is -0.348 e. The molecule has 1 unspecified atom stereocenters. The SMILES string of the molecule is CC(C)C[C@H](N)C(=O)NC(C)c1ccc(NC(=O)C2CC2)cc1.Cl. The first-order valence-electron chi connectivity index (χ1n) is 8.33. The molecule has 1 aromatic rings. The van der Waals surface area contributed by atoms with Crippen LogP contribution in [-0.4, -0.2) is 17.9 Å². The highest BCUT2D eigenvalue weighted by atomic mass is 35.5. The molecular weight excluding hydrogens is 326 g/mol. The Morgan fingerprint density at radius 1 is 1.17 bits per heavy atom. The van der Waals surface area contributed by atoms with Gasteiger partial charge in [0.1, 0.15) is 0 Å². The summed E-state index contributed by atoms with van der Waals surface area (Å²) in [4.78, 5) is 23.8. The Balaban J connectivity index is 0.00000288. The van der Waals surface area contributed by atoms with Crippen LogP contribution in [0.1, 0.15) is 51.6 Å². The summed E-state index contributed by atoms with van der Waals surface area (Å²) in [6, 6.07) is 6.98. The highest BCUT2D eigenvalue weighted by molar-refractivity contribution is 5.94. The van der Waals surface area contributed by atoms with E-state index in [-0.39, 0.29) is 36.2 Å². The third kappa shape index (κ3) is 6.13. The van der Waals surface area contributed by atoms with Gasteiger partial charge >= 0.3 is 0 Å². The number of halogens is 1. The molecule has 5 nitrogen and oxygen atoms in total. The van der Waals surface area contributed by atoms with Gasteiger partial charge in [-0.2, -0.15) is 0 Å². The number of carbonyl (C=O) groups is 2. The number of carbonyl (C=O) groups excluding carboxylic acids is 2. The van der Waals surface area contributed by atoms with Crippen molar-refractivity contribution in [3.8, 4) is 0 Å². The second-order valence-corrected chi connectivity index (χ2v) is 6.85. The average molecular weight is 354 g/mol. The van der Waals surface area contributed by atoms with E-state index in [2.05, 4.69) is 10.6 Å². The van der Waals surface area contributed by atoms with Gasteiger partial charge in [0.15, 0.2) is 0 Å². The quantitative estimate of drug-likeness (QED) is 0.704. The third-order valence-corrected chi connectivity index (χ3v) is 4.05. The van der Waals surface area contributed by atoms with Crippen molar-refractivity contribution in [3.05, 3.63) is 29.8 Å². The summed E-state index contributed by atoms with van der Waals surface area (Å²) in [6.45, 7) is 6.02. The Kier molecular flexibility index (Phi) is 7.70. The van der Waals surface area contributed by atoms with Gasteiger partial charge in [0.25, 0.3) is 0 Å². The molecule has 1 saturated carbocycles. The highest BCUT2D eigenvalue weighted by Crippen LogP contribution is 2.30. The van der Waals surface area contributed by atoms with Crippen LogP contribution in [0, 0.1) is 11.8 Å². The van der Waals surface area contributed by atoms with Crippen molar-refractivity contribution in [2.75, 3.05) is 5.32 Å². The monoisotopic (exact) mass is 353 g/mol. The Morgan fingerprint density at radius 3 is 2.25 bits per heavy atom.